The Morgan fingerprint density at radius 3 is 2.79 bits per heavy atom. The van der Waals surface area contributed by atoms with E-state index < -0.39 is 0 Å². The van der Waals surface area contributed by atoms with E-state index in [2.05, 4.69) is 6.92 Å². The molecule has 0 aliphatic carbocycles. The van der Waals surface area contributed by atoms with Gasteiger partial charge in [-0.25, -0.2) is 0 Å². The molecule has 0 aromatic carbocycles. The van der Waals surface area contributed by atoms with Crippen LogP contribution in [0.1, 0.15) is 40.7 Å². The molecule has 78 valence electrons. The smallest absolute Gasteiger partial charge is 0.189 e. The average Bonchev–Trinajstić information content (AvgIpc) is 2.60. The first-order valence-electron chi connectivity index (χ1n) is 5.01. The van der Waals surface area contributed by atoms with E-state index in [1.807, 2.05) is 19.1 Å². The third-order valence-electron chi connectivity index (χ3n) is 2.19. The molecule has 0 bridgehead atoms. The molecule has 2 nitrogen and oxygen atoms in total. The summed E-state index contributed by atoms with van der Waals surface area (Å²) in [4.78, 5) is 13.7. The van der Waals surface area contributed by atoms with Gasteiger partial charge in [0.15, 0.2) is 5.78 Å². The Kier molecular flexibility index (Phi) is 4.29. The zero-order chi connectivity index (χ0) is 10.6. The SMILES string of the molecule is CCCCC(N)C(=O)c1ccc(C)s1. The fraction of sp³-hybridized carbons (Fsp3) is 0.545. The highest BCUT2D eigenvalue weighted by molar-refractivity contribution is 7.14. The normalized spacial score (nSPS) is 12.8. The van der Waals surface area contributed by atoms with Crippen LogP contribution in [-0.4, -0.2) is 11.8 Å². The Balaban J connectivity index is 2.56. The number of thiophene rings is 1. The lowest BCUT2D eigenvalue weighted by molar-refractivity contribution is 0.0960. The van der Waals surface area contributed by atoms with Gasteiger partial charge < -0.3 is 5.73 Å². The summed E-state index contributed by atoms with van der Waals surface area (Å²) >= 11 is 1.53. The molecule has 0 saturated carbocycles. The third-order valence-corrected chi connectivity index (χ3v) is 3.20. The molecule has 1 rings (SSSR count). The number of hydrogen-bond acceptors (Lipinski definition) is 3. The summed E-state index contributed by atoms with van der Waals surface area (Å²) in [5.41, 5.74) is 5.80. The summed E-state index contributed by atoms with van der Waals surface area (Å²) in [6.45, 7) is 4.10. The molecular formula is C11H17NOS. The first kappa shape index (κ1) is 11.4. The molecule has 2 N–H and O–H groups in total. The van der Waals surface area contributed by atoms with Crippen LogP contribution in [0, 0.1) is 6.92 Å². The van der Waals surface area contributed by atoms with E-state index in [1.165, 1.54) is 11.3 Å². The van der Waals surface area contributed by atoms with E-state index in [-0.39, 0.29) is 11.8 Å². The molecule has 1 atom stereocenters. The number of rotatable bonds is 5. The minimum absolute atomic E-state index is 0.0940. The predicted octanol–water partition coefficient (Wildman–Crippen LogP) is 2.76. The summed E-state index contributed by atoms with van der Waals surface area (Å²) in [6, 6.07) is 3.52. The zero-order valence-corrected chi connectivity index (χ0v) is 9.56. The zero-order valence-electron chi connectivity index (χ0n) is 8.75. The average molecular weight is 211 g/mol. The summed E-state index contributed by atoms with van der Waals surface area (Å²) in [7, 11) is 0. The van der Waals surface area contributed by atoms with E-state index in [0.29, 0.717) is 0 Å². The van der Waals surface area contributed by atoms with Gasteiger partial charge in [-0.05, 0) is 25.5 Å². The highest BCUT2D eigenvalue weighted by atomic mass is 32.1. The number of nitrogens with two attached hydrogens (primary N) is 1. The van der Waals surface area contributed by atoms with Gasteiger partial charge in [0, 0.05) is 4.88 Å². The quantitative estimate of drug-likeness (QED) is 0.761. The van der Waals surface area contributed by atoms with Crippen LogP contribution in [0.3, 0.4) is 0 Å². The second-order valence-electron chi connectivity index (χ2n) is 3.52. The first-order chi connectivity index (χ1) is 6.65. The van der Waals surface area contributed by atoms with E-state index >= 15 is 0 Å². The Hall–Kier alpha value is -0.670. The maximum Gasteiger partial charge on any atom is 0.189 e. The minimum atomic E-state index is -0.312. The number of hydrogen-bond donors (Lipinski definition) is 1. The van der Waals surface area contributed by atoms with Crippen LogP contribution in [0.25, 0.3) is 0 Å². The highest BCUT2D eigenvalue weighted by Crippen LogP contribution is 2.17. The summed E-state index contributed by atoms with van der Waals surface area (Å²) in [5, 5.41) is 0. The molecular weight excluding hydrogens is 194 g/mol. The van der Waals surface area contributed by atoms with Crippen molar-refractivity contribution in [2.24, 2.45) is 5.73 Å². The molecule has 3 heteroatoms. The number of carbonyl (C=O) groups is 1. The van der Waals surface area contributed by atoms with Crippen LogP contribution in [0.15, 0.2) is 12.1 Å². The van der Waals surface area contributed by atoms with Crippen molar-refractivity contribution in [1.82, 2.24) is 0 Å². The number of aryl methyl sites for hydroxylation is 1. The Morgan fingerprint density at radius 1 is 1.57 bits per heavy atom. The van der Waals surface area contributed by atoms with E-state index in [0.717, 1.165) is 29.0 Å². The van der Waals surface area contributed by atoms with E-state index in [1.54, 1.807) is 0 Å². The fourth-order valence-electron chi connectivity index (χ4n) is 1.30. The number of ketones is 1. The van der Waals surface area contributed by atoms with Crippen molar-refractivity contribution < 1.29 is 4.79 Å². The number of unbranched alkanes of at least 4 members (excludes halogenated alkanes) is 1. The summed E-state index contributed by atoms with van der Waals surface area (Å²) in [6.07, 6.45) is 2.91. The fourth-order valence-corrected chi connectivity index (χ4v) is 2.18. The molecule has 14 heavy (non-hydrogen) atoms. The number of Topliss-reactive ketones (excluding diaryl/α,β-unsaturated/α-hetero) is 1. The molecule has 0 amide bonds. The Bertz CT molecular complexity index is 306. The number of carbonyl (C=O) groups excluding carboxylic acids is 1. The molecule has 0 aliphatic rings. The van der Waals surface area contributed by atoms with Crippen molar-refractivity contribution in [2.45, 2.75) is 39.2 Å². The van der Waals surface area contributed by atoms with Gasteiger partial charge in [0.05, 0.1) is 10.9 Å². The van der Waals surface area contributed by atoms with Crippen LogP contribution < -0.4 is 5.73 Å². The van der Waals surface area contributed by atoms with Crippen molar-refractivity contribution in [2.75, 3.05) is 0 Å². The second kappa shape index (κ2) is 5.27. The summed E-state index contributed by atoms with van der Waals surface area (Å²) in [5.74, 6) is 0.0940. The van der Waals surface area contributed by atoms with Gasteiger partial charge in [-0.2, -0.15) is 0 Å². The molecule has 1 aromatic rings. The highest BCUT2D eigenvalue weighted by Gasteiger charge is 2.16. The minimum Gasteiger partial charge on any atom is -0.321 e. The standard InChI is InChI=1S/C11H17NOS/c1-3-4-5-9(12)11(13)10-7-6-8(2)14-10/h6-7,9H,3-5,12H2,1-2H3. The van der Waals surface area contributed by atoms with E-state index in [9.17, 15) is 4.79 Å². The van der Waals surface area contributed by atoms with Gasteiger partial charge in [-0.1, -0.05) is 19.8 Å². The van der Waals surface area contributed by atoms with Gasteiger partial charge in [-0.15, -0.1) is 11.3 Å². The van der Waals surface area contributed by atoms with Crippen LogP contribution in [0.2, 0.25) is 0 Å². The lowest BCUT2D eigenvalue weighted by Gasteiger charge is -2.07. The van der Waals surface area contributed by atoms with Gasteiger partial charge in [0.25, 0.3) is 0 Å². The largest absolute Gasteiger partial charge is 0.321 e. The summed E-state index contributed by atoms with van der Waals surface area (Å²) < 4.78 is 0. The molecule has 0 spiro atoms. The topological polar surface area (TPSA) is 43.1 Å². The first-order valence-corrected chi connectivity index (χ1v) is 5.83. The van der Waals surface area contributed by atoms with Crippen molar-refractivity contribution in [3.05, 3.63) is 21.9 Å². The van der Waals surface area contributed by atoms with Crippen LogP contribution in [0.5, 0.6) is 0 Å². The molecule has 0 radical (unpaired) electrons. The Morgan fingerprint density at radius 2 is 2.29 bits per heavy atom. The van der Waals surface area contributed by atoms with Crippen molar-refractivity contribution in [3.8, 4) is 0 Å². The van der Waals surface area contributed by atoms with E-state index in [4.69, 9.17) is 5.73 Å². The maximum atomic E-state index is 11.7. The molecule has 0 saturated heterocycles. The maximum absolute atomic E-state index is 11.7. The van der Waals surface area contributed by atoms with Gasteiger partial charge in [-0.3, -0.25) is 4.79 Å². The van der Waals surface area contributed by atoms with Gasteiger partial charge in [0.1, 0.15) is 0 Å². The predicted molar refractivity (Wildman–Crippen MR) is 60.9 cm³/mol. The van der Waals surface area contributed by atoms with Crippen molar-refractivity contribution in [3.63, 3.8) is 0 Å². The van der Waals surface area contributed by atoms with Crippen LogP contribution >= 0.6 is 11.3 Å². The molecule has 1 unspecified atom stereocenters. The molecule has 0 aliphatic heterocycles. The van der Waals surface area contributed by atoms with Gasteiger partial charge >= 0.3 is 0 Å². The molecule has 1 heterocycles. The van der Waals surface area contributed by atoms with Crippen molar-refractivity contribution >= 4 is 17.1 Å². The Labute approximate surface area is 89.1 Å². The lowest BCUT2D eigenvalue weighted by atomic mass is 10.1. The monoisotopic (exact) mass is 211 g/mol. The molecule has 0 fully saturated rings. The second-order valence-corrected chi connectivity index (χ2v) is 4.81. The molecule has 1 aromatic heterocycles. The third kappa shape index (κ3) is 2.93. The van der Waals surface area contributed by atoms with Crippen LogP contribution in [0.4, 0.5) is 0 Å². The van der Waals surface area contributed by atoms with Crippen LogP contribution in [-0.2, 0) is 0 Å². The van der Waals surface area contributed by atoms with Crippen molar-refractivity contribution in [1.29, 1.82) is 0 Å². The van der Waals surface area contributed by atoms with Gasteiger partial charge in [0.2, 0.25) is 0 Å². The lowest BCUT2D eigenvalue weighted by Crippen LogP contribution is -2.29.